The highest BCUT2D eigenvalue weighted by Gasteiger charge is 2.34. The number of imidazole rings is 1. The lowest BCUT2D eigenvalue weighted by Crippen LogP contribution is -2.48. The molecule has 0 bridgehead atoms. The summed E-state index contributed by atoms with van der Waals surface area (Å²) < 4.78 is 1.86. The van der Waals surface area contributed by atoms with Gasteiger partial charge in [-0.05, 0) is 31.0 Å². The molecule has 4 rings (SSSR count). The van der Waals surface area contributed by atoms with Gasteiger partial charge >= 0.3 is 0 Å². The summed E-state index contributed by atoms with van der Waals surface area (Å²) in [5, 5.41) is 12.8. The van der Waals surface area contributed by atoms with Gasteiger partial charge < -0.3 is 19.9 Å². The largest absolute Gasteiger partial charge is 0.508 e. The first-order chi connectivity index (χ1) is 12.6. The van der Waals surface area contributed by atoms with Crippen LogP contribution in [0, 0.1) is 0 Å². The molecule has 136 valence electrons. The zero-order chi connectivity index (χ0) is 18.1. The summed E-state index contributed by atoms with van der Waals surface area (Å²) in [4.78, 5) is 31.5. The molecule has 1 fully saturated rings. The van der Waals surface area contributed by atoms with E-state index < -0.39 is 6.04 Å². The molecule has 0 radical (unpaired) electrons. The van der Waals surface area contributed by atoms with Crippen molar-refractivity contribution in [2.75, 3.05) is 6.54 Å². The van der Waals surface area contributed by atoms with E-state index in [1.54, 1.807) is 29.6 Å². The van der Waals surface area contributed by atoms with Crippen molar-refractivity contribution in [3.8, 4) is 5.75 Å². The van der Waals surface area contributed by atoms with E-state index in [1.165, 1.54) is 12.1 Å². The second kappa shape index (κ2) is 6.82. The summed E-state index contributed by atoms with van der Waals surface area (Å²) in [7, 11) is 0. The predicted octanol–water partition coefficient (Wildman–Crippen LogP) is 1.84. The number of aromatic hydroxyl groups is 1. The number of carbonyl (C=O) groups is 2. The molecule has 2 N–H and O–H groups in total. The maximum Gasteiger partial charge on any atom is 0.254 e. The molecule has 2 aromatic rings. The van der Waals surface area contributed by atoms with Gasteiger partial charge in [-0.3, -0.25) is 9.59 Å². The summed E-state index contributed by atoms with van der Waals surface area (Å²) in [6.07, 6.45) is 7.67. The Balaban J connectivity index is 1.55. The quantitative estimate of drug-likeness (QED) is 0.880. The number of aromatic nitrogens is 2. The molecule has 1 aliphatic heterocycles. The van der Waals surface area contributed by atoms with E-state index in [0.717, 1.165) is 31.4 Å². The van der Waals surface area contributed by atoms with Crippen LogP contribution in [0.1, 0.15) is 47.8 Å². The topological polar surface area (TPSA) is 87.5 Å². The van der Waals surface area contributed by atoms with Crippen LogP contribution in [0.3, 0.4) is 0 Å². The molecular formula is C19H22N4O3. The minimum atomic E-state index is -0.483. The average Bonchev–Trinajstić information content (AvgIpc) is 3.31. The molecule has 1 saturated carbocycles. The van der Waals surface area contributed by atoms with E-state index in [9.17, 15) is 14.7 Å². The Hall–Kier alpha value is -2.83. The van der Waals surface area contributed by atoms with E-state index in [0.29, 0.717) is 12.1 Å². The Morgan fingerprint density at radius 2 is 2.04 bits per heavy atom. The SMILES string of the molecule is O=C(NC1CCCC1)[C@H]1CN(C(=O)c2cccc(O)c2)Cc2cncn21. The van der Waals surface area contributed by atoms with E-state index in [4.69, 9.17) is 0 Å². The van der Waals surface area contributed by atoms with Crippen LogP contribution in [-0.4, -0.2) is 44.0 Å². The van der Waals surface area contributed by atoms with Crippen molar-refractivity contribution in [3.05, 3.63) is 48.0 Å². The van der Waals surface area contributed by atoms with Crippen LogP contribution in [-0.2, 0) is 11.3 Å². The Labute approximate surface area is 151 Å². The molecule has 7 nitrogen and oxygen atoms in total. The summed E-state index contributed by atoms with van der Waals surface area (Å²) in [5.41, 5.74) is 1.24. The van der Waals surface area contributed by atoms with Crippen molar-refractivity contribution < 1.29 is 14.7 Å². The number of phenolic OH excluding ortho intramolecular Hbond substituents is 1. The van der Waals surface area contributed by atoms with Crippen molar-refractivity contribution in [3.63, 3.8) is 0 Å². The Bertz CT molecular complexity index is 826. The minimum absolute atomic E-state index is 0.0495. The van der Waals surface area contributed by atoms with E-state index in [-0.39, 0.29) is 30.2 Å². The molecule has 2 amide bonds. The first-order valence-corrected chi connectivity index (χ1v) is 9.01. The Morgan fingerprint density at radius 1 is 1.23 bits per heavy atom. The summed E-state index contributed by atoms with van der Waals surface area (Å²) in [6, 6.07) is 6.03. The third kappa shape index (κ3) is 3.16. The van der Waals surface area contributed by atoms with Gasteiger partial charge in [0.05, 0.1) is 25.1 Å². The van der Waals surface area contributed by atoms with E-state index in [1.807, 2.05) is 4.57 Å². The van der Waals surface area contributed by atoms with Crippen LogP contribution in [0.25, 0.3) is 0 Å². The number of hydrogen-bond acceptors (Lipinski definition) is 4. The zero-order valence-electron chi connectivity index (χ0n) is 14.5. The molecule has 1 aliphatic carbocycles. The van der Waals surface area contributed by atoms with Crippen LogP contribution in [0.4, 0.5) is 0 Å². The van der Waals surface area contributed by atoms with Crippen molar-refractivity contribution in [1.82, 2.24) is 19.8 Å². The molecule has 1 aromatic carbocycles. The van der Waals surface area contributed by atoms with Crippen molar-refractivity contribution in [2.24, 2.45) is 0 Å². The number of phenols is 1. The fraction of sp³-hybridized carbons (Fsp3) is 0.421. The number of hydrogen-bond donors (Lipinski definition) is 2. The van der Waals surface area contributed by atoms with Gasteiger partial charge in [0.25, 0.3) is 5.91 Å². The van der Waals surface area contributed by atoms with Crippen LogP contribution in [0.5, 0.6) is 5.75 Å². The van der Waals surface area contributed by atoms with Crippen LogP contribution >= 0.6 is 0 Å². The van der Waals surface area contributed by atoms with Gasteiger partial charge in [0, 0.05) is 17.8 Å². The third-order valence-electron chi connectivity index (χ3n) is 5.21. The zero-order valence-corrected chi connectivity index (χ0v) is 14.5. The van der Waals surface area contributed by atoms with Gasteiger partial charge in [-0.1, -0.05) is 18.9 Å². The number of carbonyl (C=O) groups excluding carboxylic acids is 2. The number of fused-ring (bicyclic) bond motifs is 1. The third-order valence-corrected chi connectivity index (χ3v) is 5.21. The highest BCUT2D eigenvalue weighted by atomic mass is 16.3. The van der Waals surface area contributed by atoms with Gasteiger partial charge in [0.2, 0.25) is 5.91 Å². The molecule has 26 heavy (non-hydrogen) atoms. The molecule has 0 spiro atoms. The first-order valence-electron chi connectivity index (χ1n) is 9.01. The predicted molar refractivity (Wildman–Crippen MR) is 94.5 cm³/mol. The first kappa shape index (κ1) is 16.6. The lowest BCUT2D eigenvalue weighted by atomic mass is 10.1. The van der Waals surface area contributed by atoms with E-state index >= 15 is 0 Å². The number of rotatable bonds is 3. The number of amides is 2. The fourth-order valence-electron chi connectivity index (χ4n) is 3.84. The maximum absolute atomic E-state index is 12.8. The molecule has 2 aliphatic rings. The maximum atomic E-state index is 12.8. The highest BCUT2D eigenvalue weighted by Crippen LogP contribution is 2.25. The summed E-state index contributed by atoms with van der Waals surface area (Å²) in [5.74, 6) is -0.218. The van der Waals surface area contributed by atoms with Gasteiger partial charge in [0.1, 0.15) is 11.8 Å². The normalized spacial score (nSPS) is 20.0. The van der Waals surface area contributed by atoms with Gasteiger partial charge in [0.15, 0.2) is 0 Å². The smallest absolute Gasteiger partial charge is 0.254 e. The van der Waals surface area contributed by atoms with Crippen LogP contribution in [0.2, 0.25) is 0 Å². The standard InChI is InChI=1S/C19H22N4O3/c24-16-7-3-4-13(8-16)19(26)22-10-15-9-20-12-23(15)17(11-22)18(25)21-14-5-1-2-6-14/h3-4,7-9,12,14,17,24H,1-2,5-6,10-11H2,(H,21,25)/t17-/m1/s1. The van der Waals surface area contributed by atoms with Gasteiger partial charge in [-0.15, -0.1) is 0 Å². The molecule has 1 atom stereocenters. The Morgan fingerprint density at radius 3 is 2.81 bits per heavy atom. The second-order valence-corrected chi connectivity index (χ2v) is 7.03. The summed E-state index contributed by atoms with van der Waals surface area (Å²) in [6.45, 7) is 0.679. The fourth-order valence-corrected chi connectivity index (χ4v) is 3.84. The molecular weight excluding hydrogens is 332 g/mol. The number of nitrogens with zero attached hydrogens (tertiary/aromatic N) is 3. The van der Waals surface area contributed by atoms with Crippen molar-refractivity contribution in [1.29, 1.82) is 0 Å². The molecule has 2 heterocycles. The second-order valence-electron chi connectivity index (χ2n) is 7.03. The minimum Gasteiger partial charge on any atom is -0.508 e. The van der Waals surface area contributed by atoms with Crippen LogP contribution in [0.15, 0.2) is 36.8 Å². The monoisotopic (exact) mass is 354 g/mol. The van der Waals surface area contributed by atoms with Gasteiger partial charge in [-0.2, -0.15) is 0 Å². The Kier molecular flexibility index (Phi) is 4.36. The van der Waals surface area contributed by atoms with Crippen molar-refractivity contribution in [2.45, 2.75) is 44.3 Å². The van der Waals surface area contributed by atoms with Crippen molar-refractivity contribution >= 4 is 11.8 Å². The lowest BCUT2D eigenvalue weighted by molar-refractivity contribution is -0.126. The van der Waals surface area contributed by atoms with E-state index in [2.05, 4.69) is 10.3 Å². The molecule has 1 aromatic heterocycles. The molecule has 0 unspecified atom stereocenters. The highest BCUT2D eigenvalue weighted by molar-refractivity contribution is 5.95. The summed E-state index contributed by atoms with van der Waals surface area (Å²) >= 11 is 0. The number of benzene rings is 1. The average molecular weight is 354 g/mol. The number of nitrogens with one attached hydrogen (secondary N) is 1. The molecule has 7 heteroatoms. The van der Waals surface area contributed by atoms with Crippen LogP contribution < -0.4 is 5.32 Å². The van der Waals surface area contributed by atoms with Gasteiger partial charge in [-0.25, -0.2) is 4.98 Å². The lowest BCUT2D eigenvalue weighted by Gasteiger charge is -2.34. The molecule has 0 saturated heterocycles.